The van der Waals surface area contributed by atoms with Gasteiger partial charge in [0.15, 0.2) is 4.80 Å². The lowest BCUT2D eigenvalue weighted by atomic mass is 10.3. The Morgan fingerprint density at radius 3 is 2.74 bits per heavy atom. The highest BCUT2D eigenvalue weighted by Gasteiger charge is 2.10. The zero-order valence-corrected chi connectivity index (χ0v) is 14.7. The Kier molecular flexibility index (Phi) is 4.49. The number of amides is 1. The number of ether oxygens (including phenoxy) is 1. The van der Waals surface area contributed by atoms with Crippen molar-refractivity contribution in [1.82, 2.24) is 4.57 Å². The van der Waals surface area contributed by atoms with Gasteiger partial charge < -0.3 is 14.6 Å². The Balaban J connectivity index is 1.79. The van der Waals surface area contributed by atoms with E-state index >= 15 is 0 Å². The number of halogens is 1. The minimum atomic E-state index is -0.170. The van der Waals surface area contributed by atoms with E-state index in [-0.39, 0.29) is 12.5 Å². The first-order valence-corrected chi connectivity index (χ1v) is 8.45. The molecule has 1 aromatic heterocycles. The van der Waals surface area contributed by atoms with E-state index in [2.05, 4.69) is 21.2 Å². The summed E-state index contributed by atoms with van der Waals surface area (Å²) in [6, 6.07) is 12.9. The van der Waals surface area contributed by atoms with Gasteiger partial charge in [-0.25, -0.2) is 0 Å². The molecule has 1 amide bonds. The van der Waals surface area contributed by atoms with Gasteiger partial charge in [0.25, 0.3) is 0 Å². The van der Waals surface area contributed by atoms with E-state index in [1.165, 1.54) is 11.3 Å². The van der Waals surface area contributed by atoms with Crippen LogP contribution < -0.4 is 14.9 Å². The van der Waals surface area contributed by atoms with Crippen molar-refractivity contribution in [2.24, 2.45) is 0 Å². The minimum Gasteiger partial charge on any atom is -0.497 e. The summed E-state index contributed by atoms with van der Waals surface area (Å²) >= 11 is 4.77. The van der Waals surface area contributed by atoms with E-state index in [1.807, 2.05) is 18.2 Å². The van der Waals surface area contributed by atoms with Gasteiger partial charge in [0, 0.05) is 10.2 Å². The molecule has 0 spiro atoms. The molecule has 0 aliphatic rings. The van der Waals surface area contributed by atoms with Gasteiger partial charge in [-0.05, 0) is 42.5 Å². The van der Waals surface area contributed by atoms with E-state index in [0.717, 1.165) is 20.4 Å². The number of anilines is 1. The number of hydrogen-bond acceptors (Lipinski definition) is 4. The number of fused-ring (bicyclic) bond motifs is 1. The van der Waals surface area contributed by atoms with Gasteiger partial charge in [0.2, 0.25) is 5.91 Å². The van der Waals surface area contributed by atoms with Crippen LogP contribution in [0.3, 0.4) is 0 Å². The molecule has 1 heterocycles. The topological polar surface area (TPSA) is 67.1 Å². The number of methoxy groups -OCH3 is 1. The van der Waals surface area contributed by atoms with Gasteiger partial charge in [-0.15, -0.1) is 0 Å². The average Bonchev–Trinajstić information content (AvgIpc) is 2.83. The fraction of sp³-hybridized carbons (Fsp3) is 0.125. The van der Waals surface area contributed by atoms with E-state index in [0.29, 0.717) is 10.5 Å². The third-order valence-corrected chi connectivity index (χ3v) is 4.79. The number of nitrogens with one attached hydrogen (secondary N) is 2. The first-order valence-electron chi connectivity index (χ1n) is 6.84. The fourth-order valence-corrected chi connectivity index (χ4v) is 3.70. The van der Waals surface area contributed by atoms with Crippen LogP contribution in [0.5, 0.6) is 5.75 Å². The third-order valence-electron chi connectivity index (χ3n) is 3.34. The maximum absolute atomic E-state index is 12.2. The van der Waals surface area contributed by atoms with Crippen molar-refractivity contribution in [2.75, 3.05) is 12.4 Å². The molecule has 0 aliphatic carbocycles. The Morgan fingerprint density at radius 2 is 2.04 bits per heavy atom. The quantitative estimate of drug-likeness (QED) is 0.713. The first kappa shape index (κ1) is 15.8. The van der Waals surface area contributed by atoms with Crippen LogP contribution in [-0.4, -0.2) is 17.6 Å². The second kappa shape index (κ2) is 6.55. The monoisotopic (exact) mass is 391 g/mol. The predicted octanol–water partition coefficient (Wildman–Crippen LogP) is 3.59. The zero-order chi connectivity index (χ0) is 16.4. The van der Waals surface area contributed by atoms with Crippen LogP contribution in [0.2, 0.25) is 0 Å². The van der Waals surface area contributed by atoms with Gasteiger partial charge in [0.1, 0.15) is 12.3 Å². The maximum Gasteiger partial charge on any atom is 0.244 e. The predicted molar refractivity (Wildman–Crippen MR) is 95.0 cm³/mol. The lowest BCUT2D eigenvalue weighted by Crippen LogP contribution is -2.24. The van der Waals surface area contributed by atoms with Crippen LogP contribution in [0.15, 0.2) is 46.9 Å². The zero-order valence-electron chi connectivity index (χ0n) is 12.3. The average molecular weight is 392 g/mol. The number of hydrogen-bond donors (Lipinski definition) is 2. The summed E-state index contributed by atoms with van der Waals surface area (Å²) in [5.74, 6) is 0.566. The normalized spacial score (nSPS) is 10.7. The van der Waals surface area contributed by atoms with Crippen LogP contribution in [0.1, 0.15) is 0 Å². The summed E-state index contributed by atoms with van der Waals surface area (Å²) in [6.45, 7) is 0.104. The van der Waals surface area contributed by atoms with Crippen LogP contribution in [0.4, 0.5) is 5.69 Å². The molecule has 0 aliphatic heterocycles. The molecule has 118 valence electrons. The minimum absolute atomic E-state index is 0.104. The summed E-state index contributed by atoms with van der Waals surface area (Å²) in [7, 11) is 1.60. The molecular formula is C16H14BrN3O2S. The van der Waals surface area contributed by atoms with E-state index in [1.54, 1.807) is 35.9 Å². The van der Waals surface area contributed by atoms with Crippen molar-refractivity contribution in [3.63, 3.8) is 0 Å². The van der Waals surface area contributed by atoms with Crippen molar-refractivity contribution in [1.29, 1.82) is 5.41 Å². The van der Waals surface area contributed by atoms with Crippen LogP contribution in [-0.2, 0) is 11.3 Å². The van der Waals surface area contributed by atoms with Crippen LogP contribution >= 0.6 is 27.3 Å². The fourth-order valence-electron chi connectivity index (χ4n) is 2.24. The van der Waals surface area contributed by atoms with Gasteiger partial charge in [-0.3, -0.25) is 10.2 Å². The number of nitrogens with zero attached hydrogens (tertiary/aromatic N) is 1. The molecule has 2 N–H and O–H groups in total. The molecule has 0 fully saturated rings. The molecular weight excluding hydrogens is 378 g/mol. The highest BCUT2D eigenvalue weighted by molar-refractivity contribution is 9.10. The first-order chi connectivity index (χ1) is 11.1. The summed E-state index contributed by atoms with van der Waals surface area (Å²) in [5, 5.41) is 10.9. The number of benzene rings is 2. The van der Waals surface area contributed by atoms with E-state index in [9.17, 15) is 4.79 Å². The molecule has 0 radical (unpaired) electrons. The van der Waals surface area contributed by atoms with Crippen molar-refractivity contribution >= 4 is 49.1 Å². The number of aromatic nitrogens is 1. The second-order valence-corrected chi connectivity index (χ2v) is 6.83. The number of carbonyl (C=O) groups is 1. The summed E-state index contributed by atoms with van der Waals surface area (Å²) in [5.41, 5.74) is 1.58. The largest absolute Gasteiger partial charge is 0.497 e. The Hall–Kier alpha value is -2.12. The Bertz CT molecular complexity index is 915. The van der Waals surface area contributed by atoms with Gasteiger partial charge >= 0.3 is 0 Å². The summed E-state index contributed by atoms with van der Waals surface area (Å²) in [4.78, 5) is 12.6. The van der Waals surface area contributed by atoms with Gasteiger partial charge in [-0.2, -0.15) is 0 Å². The summed E-state index contributed by atoms with van der Waals surface area (Å²) in [6.07, 6.45) is 0. The van der Waals surface area contributed by atoms with Gasteiger partial charge in [0.05, 0.1) is 17.3 Å². The molecule has 5 nitrogen and oxygen atoms in total. The maximum atomic E-state index is 12.2. The molecule has 7 heteroatoms. The van der Waals surface area contributed by atoms with E-state index < -0.39 is 0 Å². The Morgan fingerprint density at radius 1 is 1.30 bits per heavy atom. The summed E-state index contributed by atoms with van der Waals surface area (Å²) < 4.78 is 8.72. The van der Waals surface area contributed by atoms with Crippen LogP contribution in [0, 0.1) is 5.41 Å². The highest BCUT2D eigenvalue weighted by atomic mass is 79.9. The van der Waals surface area contributed by atoms with Gasteiger partial charge in [-0.1, -0.05) is 27.3 Å². The lowest BCUT2D eigenvalue weighted by molar-refractivity contribution is -0.116. The molecule has 3 rings (SSSR count). The lowest BCUT2D eigenvalue weighted by Gasteiger charge is -2.08. The molecule has 0 saturated heterocycles. The molecule has 3 aromatic rings. The smallest absolute Gasteiger partial charge is 0.244 e. The molecule has 23 heavy (non-hydrogen) atoms. The number of carbonyl (C=O) groups excluding carboxylic acids is 1. The van der Waals surface area contributed by atoms with Crippen LogP contribution in [0.25, 0.3) is 10.2 Å². The standard InChI is InChI=1S/C16H14BrN3O2S/c1-22-12-5-3-11(4-6-12)19-15(21)9-20-13-7-2-10(17)8-14(13)23-16(20)18/h2-8,18H,9H2,1H3,(H,19,21). The highest BCUT2D eigenvalue weighted by Crippen LogP contribution is 2.22. The third kappa shape index (κ3) is 3.46. The second-order valence-electron chi connectivity index (χ2n) is 4.88. The van der Waals surface area contributed by atoms with Crippen molar-refractivity contribution in [3.8, 4) is 5.75 Å². The number of rotatable bonds is 4. The SMILES string of the molecule is COc1ccc(NC(=O)Cn2c(=N)sc3cc(Br)ccc32)cc1. The molecule has 0 atom stereocenters. The van der Waals surface area contributed by atoms with Crippen molar-refractivity contribution in [3.05, 3.63) is 51.7 Å². The molecule has 0 unspecified atom stereocenters. The molecule has 2 aromatic carbocycles. The number of thiazole rings is 1. The molecule has 0 bridgehead atoms. The van der Waals surface area contributed by atoms with Crippen molar-refractivity contribution < 1.29 is 9.53 Å². The molecule has 0 saturated carbocycles. The van der Waals surface area contributed by atoms with E-state index in [4.69, 9.17) is 10.1 Å². The Labute approximate surface area is 145 Å². The van der Waals surface area contributed by atoms with Crippen molar-refractivity contribution in [2.45, 2.75) is 6.54 Å².